The number of guanidine groups is 1. The van der Waals surface area contributed by atoms with Crippen LogP contribution < -0.4 is 15.4 Å². The van der Waals surface area contributed by atoms with E-state index in [2.05, 4.69) is 68.9 Å². The molecule has 1 atom stereocenters. The first-order chi connectivity index (χ1) is 14.1. The van der Waals surface area contributed by atoms with Crippen LogP contribution in [0.2, 0.25) is 0 Å². The Hall–Kier alpha value is -2.62. The fraction of sp³-hybridized carbons (Fsp3) is 0.318. The van der Waals surface area contributed by atoms with Crippen LogP contribution in [0.25, 0.3) is 11.4 Å². The number of ether oxygens (including phenoxy) is 1. The van der Waals surface area contributed by atoms with E-state index in [1.54, 1.807) is 14.2 Å². The minimum atomic E-state index is 0. The van der Waals surface area contributed by atoms with E-state index in [1.807, 2.05) is 24.3 Å². The third-order valence-corrected chi connectivity index (χ3v) is 4.71. The van der Waals surface area contributed by atoms with Crippen LogP contribution in [0.4, 0.5) is 0 Å². The Balaban J connectivity index is 0.00000320. The zero-order chi connectivity index (χ0) is 20.6. The molecule has 0 fully saturated rings. The van der Waals surface area contributed by atoms with E-state index in [4.69, 9.17) is 4.74 Å². The normalized spacial score (nSPS) is 12.1. The lowest BCUT2D eigenvalue weighted by Gasteiger charge is -2.16. The van der Waals surface area contributed by atoms with Gasteiger partial charge in [0.1, 0.15) is 11.6 Å². The summed E-state index contributed by atoms with van der Waals surface area (Å²) >= 11 is 0. The predicted molar refractivity (Wildman–Crippen MR) is 132 cm³/mol. The zero-order valence-corrected chi connectivity index (χ0v) is 20.1. The second-order valence-corrected chi connectivity index (χ2v) is 6.96. The number of nitrogens with zero attached hydrogens (tertiary/aromatic N) is 3. The van der Waals surface area contributed by atoms with Gasteiger partial charge < -0.3 is 15.4 Å². The van der Waals surface area contributed by atoms with Gasteiger partial charge in [-0.25, -0.2) is 4.98 Å². The Morgan fingerprint density at radius 2 is 1.93 bits per heavy atom. The van der Waals surface area contributed by atoms with Gasteiger partial charge in [-0.2, -0.15) is 5.10 Å². The molecule has 0 aliphatic carbocycles. The molecule has 0 bridgehead atoms. The summed E-state index contributed by atoms with van der Waals surface area (Å²) in [5.41, 5.74) is 3.52. The van der Waals surface area contributed by atoms with Gasteiger partial charge in [0.25, 0.3) is 0 Å². The van der Waals surface area contributed by atoms with Crippen molar-refractivity contribution >= 4 is 29.9 Å². The molecule has 3 rings (SSSR count). The van der Waals surface area contributed by atoms with E-state index in [0.717, 1.165) is 29.6 Å². The quantitative estimate of drug-likeness (QED) is 0.250. The molecule has 3 aromatic rings. The van der Waals surface area contributed by atoms with Crippen molar-refractivity contribution in [2.24, 2.45) is 4.99 Å². The molecule has 0 amide bonds. The molecule has 8 heteroatoms. The Morgan fingerprint density at radius 1 is 1.17 bits per heavy atom. The Labute approximate surface area is 194 Å². The number of nitrogens with one attached hydrogen (secondary N) is 3. The molecule has 1 heterocycles. The third-order valence-electron chi connectivity index (χ3n) is 4.71. The van der Waals surface area contributed by atoms with Crippen molar-refractivity contribution in [1.82, 2.24) is 25.8 Å². The van der Waals surface area contributed by atoms with Crippen molar-refractivity contribution in [3.63, 3.8) is 0 Å². The number of aliphatic imine (C=N–C) groups is 1. The number of rotatable bonds is 7. The van der Waals surface area contributed by atoms with E-state index in [9.17, 15) is 0 Å². The molecule has 0 spiro atoms. The molecule has 160 valence electrons. The number of H-pyrrole nitrogens is 1. The Morgan fingerprint density at radius 3 is 2.60 bits per heavy atom. The second-order valence-electron chi connectivity index (χ2n) is 6.96. The molecule has 2 aromatic carbocycles. The molecule has 0 radical (unpaired) electrons. The van der Waals surface area contributed by atoms with Crippen molar-refractivity contribution in [2.45, 2.75) is 26.3 Å². The smallest absolute Gasteiger partial charge is 0.191 e. The molecule has 7 nitrogen and oxygen atoms in total. The van der Waals surface area contributed by atoms with Gasteiger partial charge in [-0.3, -0.25) is 10.1 Å². The maximum absolute atomic E-state index is 5.18. The molecule has 3 N–H and O–H groups in total. The van der Waals surface area contributed by atoms with Crippen LogP contribution in [0.1, 0.15) is 29.8 Å². The molecule has 1 aromatic heterocycles. The van der Waals surface area contributed by atoms with E-state index in [-0.39, 0.29) is 24.0 Å². The molecule has 0 aliphatic rings. The van der Waals surface area contributed by atoms with Crippen LogP contribution >= 0.6 is 24.0 Å². The summed E-state index contributed by atoms with van der Waals surface area (Å²) in [6.07, 6.45) is 0. The van der Waals surface area contributed by atoms with E-state index >= 15 is 0 Å². The fourth-order valence-electron chi connectivity index (χ4n) is 2.98. The van der Waals surface area contributed by atoms with Gasteiger partial charge in [-0.15, -0.1) is 24.0 Å². The summed E-state index contributed by atoms with van der Waals surface area (Å²) in [4.78, 5) is 8.83. The van der Waals surface area contributed by atoms with Gasteiger partial charge in [-0.05, 0) is 42.7 Å². The average molecular weight is 520 g/mol. The molecule has 30 heavy (non-hydrogen) atoms. The third kappa shape index (κ3) is 6.45. The van der Waals surface area contributed by atoms with Crippen molar-refractivity contribution in [2.75, 3.05) is 20.7 Å². The van der Waals surface area contributed by atoms with Crippen molar-refractivity contribution < 1.29 is 4.74 Å². The lowest BCUT2D eigenvalue weighted by Crippen LogP contribution is -2.38. The molecular weight excluding hydrogens is 491 g/mol. The van der Waals surface area contributed by atoms with Gasteiger partial charge in [0, 0.05) is 19.2 Å². The van der Waals surface area contributed by atoms with Gasteiger partial charge in [-0.1, -0.05) is 36.8 Å². The predicted octanol–water partition coefficient (Wildman–Crippen LogP) is 3.88. The Bertz CT molecular complexity index is 954. The molecule has 1 unspecified atom stereocenters. The fourth-order valence-corrected chi connectivity index (χ4v) is 2.98. The van der Waals surface area contributed by atoms with Crippen LogP contribution in [0.5, 0.6) is 5.75 Å². The number of hydrogen-bond donors (Lipinski definition) is 3. The lowest BCUT2D eigenvalue weighted by molar-refractivity contribution is 0.415. The number of benzene rings is 2. The minimum Gasteiger partial charge on any atom is -0.497 e. The largest absolute Gasteiger partial charge is 0.497 e. The van der Waals surface area contributed by atoms with Gasteiger partial charge >= 0.3 is 0 Å². The highest BCUT2D eigenvalue weighted by Crippen LogP contribution is 2.19. The highest BCUT2D eigenvalue weighted by molar-refractivity contribution is 14.0. The highest BCUT2D eigenvalue weighted by Gasteiger charge is 2.09. The first-order valence-electron chi connectivity index (χ1n) is 9.66. The monoisotopic (exact) mass is 520 g/mol. The number of halogens is 1. The van der Waals surface area contributed by atoms with Gasteiger partial charge in [0.05, 0.1) is 13.7 Å². The maximum Gasteiger partial charge on any atom is 0.191 e. The Kier molecular flexibility index (Phi) is 9.10. The summed E-state index contributed by atoms with van der Waals surface area (Å²) in [6.45, 7) is 5.60. The second kappa shape index (κ2) is 11.5. The maximum atomic E-state index is 5.18. The molecule has 0 saturated heterocycles. The van der Waals surface area contributed by atoms with E-state index in [0.29, 0.717) is 18.3 Å². The van der Waals surface area contributed by atoms with Crippen LogP contribution in [0, 0.1) is 6.92 Å². The van der Waals surface area contributed by atoms with Crippen molar-refractivity contribution in [1.29, 1.82) is 0 Å². The number of hydrogen-bond acceptors (Lipinski definition) is 4. The summed E-state index contributed by atoms with van der Waals surface area (Å²) in [6, 6.07) is 16.2. The first-order valence-corrected chi connectivity index (χ1v) is 9.66. The van der Waals surface area contributed by atoms with E-state index in [1.165, 1.54) is 11.1 Å². The van der Waals surface area contributed by atoms with Crippen LogP contribution in [0.3, 0.4) is 0 Å². The summed E-state index contributed by atoms with van der Waals surface area (Å²) in [5.74, 6) is 3.30. The van der Waals surface area contributed by atoms with Gasteiger partial charge in [0.2, 0.25) is 0 Å². The van der Waals surface area contributed by atoms with Crippen LogP contribution in [-0.2, 0) is 6.54 Å². The molecule has 0 aliphatic heterocycles. The molecular formula is C22H29IN6O. The van der Waals surface area contributed by atoms with Crippen LogP contribution in [-0.4, -0.2) is 41.8 Å². The van der Waals surface area contributed by atoms with Gasteiger partial charge in [0.15, 0.2) is 11.8 Å². The zero-order valence-electron chi connectivity index (χ0n) is 17.8. The average Bonchev–Trinajstić information content (AvgIpc) is 3.22. The number of aromatic nitrogens is 3. The van der Waals surface area contributed by atoms with Crippen molar-refractivity contribution in [3.05, 3.63) is 65.5 Å². The highest BCUT2D eigenvalue weighted by atomic mass is 127. The standard InChI is InChI=1S/C22H28N6O.HI/c1-15-6-5-7-18(12-15)16(2)13-24-22(23-3)25-14-20-26-21(28-27-20)17-8-10-19(29-4)11-9-17;/h5-12,16H,13-14H2,1-4H3,(H2,23,24,25)(H,26,27,28);1H. The summed E-state index contributed by atoms with van der Waals surface area (Å²) in [5, 5.41) is 13.9. The first kappa shape index (κ1) is 23.7. The molecule has 0 saturated carbocycles. The SMILES string of the molecule is CN=C(NCc1nc(-c2ccc(OC)cc2)n[nH]1)NCC(C)c1cccc(C)c1.I. The summed E-state index contributed by atoms with van der Waals surface area (Å²) < 4.78 is 5.18. The lowest BCUT2D eigenvalue weighted by atomic mass is 9.99. The number of methoxy groups -OCH3 is 1. The van der Waals surface area contributed by atoms with Crippen LogP contribution in [0.15, 0.2) is 53.5 Å². The minimum absolute atomic E-state index is 0. The topological polar surface area (TPSA) is 87.2 Å². The number of aryl methyl sites for hydroxylation is 1. The summed E-state index contributed by atoms with van der Waals surface area (Å²) in [7, 11) is 3.41. The number of aromatic amines is 1. The van der Waals surface area contributed by atoms with Crippen molar-refractivity contribution in [3.8, 4) is 17.1 Å². The van der Waals surface area contributed by atoms with E-state index < -0.39 is 0 Å².